The smallest absolute Gasteiger partial charge is 0.376 e. The largest absolute Gasteiger partial charge is 0.416 e. The molecule has 3 rings (SSSR count). The molecule has 1 aromatic heterocycles. The van der Waals surface area contributed by atoms with Crippen LogP contribution in [-0.4, -0.2) is 35.3 Å². The summed E-state index contributed by atoms with van der Waals surface area (Å²) in [6.07, 6.45) is -2.71. The highest BCUT2D eigenvalue weighted by Crippen LogP contribution is 2.31. The van der Waals surface area contributed by atoms with Crippen molar-refractivity contribution in [3.63, 3.8) is 0 Å². The van der Waals surface area contributed by atoms with Crippen LogP contribution < -0.4 is 5.32 Å². The zero-order chi connectivity index (χ0) is 17.2. The Morgan fingerprint density at radius 3 is 2.92 bits per heavy atom. The van der Waals surface area contributed by atoms with Crippen molar-refractivity contribution in [3.8, 4) is 11.4 Å². The van der Waals surface area contributed by atoms with Gasteiger partial charge in [-0.2, -0.15) is 18.2 Å². The van der Waals surface area contributed by atoms with Crippen LogP contribution in [-0.2, 0) is 10.9 Å². The van der Waals surface area contributed by atoms with Crippen LogP contribution >= 0.6 is 0 Å². The van der Waals surface area contributed by atoms with Crippen molar-refractivity contribution >= 4 is 5.91 Å². The lowest BCUT2D eigenvalue weighted by Gasteiger charge is -2.08. The van der Waals surface area contributed by atoms with E-state index >= 15 is 0 Å². The number of hydrogen-bond acceptors (Lipinski definition) is 5. The van der Waals surface area contributed by atoms with Gasteiger partial charge in [-0.15, -0.1) is 0 Å². The molecule has 6 nitrogen and oxygen atoms in total. The Kier molecular flexibility index (Phi) is 4.52. The van der Waals surface area contributed by atoms with E-state index in [0.717, 1.165) is 25.0 Å². The maximum atomic E-state index is 12.7. The second-order valence-electron chi connectivity index (χ2n) is 5.35. The summed E-state index contributed by atoms with van der Waals surface area (Å²) < 4.78 is 48.4. The summed E-state index contributed by atoms with van der Waals surface area (Å²) in [6, 6.07) is 4.50. The maximum absolute atomic E-state index is 12.7. The van der Waals surface area contributed by atoms with E-state index in [-0.39, 0.29) is 23.4 Å². The fourth-order valence-corrected chi connectivity index (χ4v) is 2.36. The molecule has 9 heteroatoms. The van der Waals surface area contributed by atoms with Crippen LogP contribution in [0.4, 0.5) is 13.2 Å². The van der Waals surface area contributed by atoms with Crippen LogP contribution in [0.15, 0.2) is 28.8 Å². The molecule has 1 aliphatic heterocycles. The van der Waals surface area contributed by atoms with E-state index in [1.807, 2.05) is 0 Å². The van der Waals surface area contributed by atoms with Gasteiger partial charge in [0.15, 0.2) is 0 Å². The molecule has 0 unspecified atom stereocenters. The molecule has 0 saturated carbocycles. The summed E-state index contributed by atoms with van der Waals surface area (Å²) in [7, 11) is 0. The molecule has 1 saturated heterocycles. The molecule has 0 spiro atoms. The molecular formula is C15H14F3N3O3. The van der Waals surface area contributed by atoms with E-state index in [1.54, 1.807) is 0 Å². The number of aromatic nitrogens is 2. The monoisotopic (exact) mass is 341 g/mol. The number of carbonyl (C=O) groups excluding carboxylic acids is 1. The van der Waals surface area contributed by atoms with Crippen molar-refractivity contribution in [1.82, 2.24) is 15.5 Å². The normalized spacial score (nSPS) is 17.9. The molecule has 1 fully saturated rings. The van der Waals surface area contributed by atoms with Gasteiger partial charge < -0.3 is 14.6 Å². The number of benzene rings is 1. The molecule has 1 aromatic carbocycles. The Morgan fingerprint density at radius 1 is 1.38 bits per heavy atom. The first-order valence-corrected chi connectivity index (χ1v) is 7.34. The molecule has 1 N–H and O–H groups in total. The van der Waals surface area contributed by atoms with Crippen LogP contribution in [0.3, 0.4) is 0 Å². The molecule has 2 aromatic rings. The number of nitrogens with one attached hydrogen (secondary N) is 1. The van der Waals surface area contributed by atoms with E-state index in [1.165, 1.54) is 12.1 Å². The number of hydrogen-bond donors (Lipinski definition) is 1. The third kappa shape index (κ3) is 3.73. The first-order chi connectivity index (χ1) is 11.4. The number of ether oxygens (including phenoxy) is 1. The quantitative estimate of drug-likeness (QED) is 0.925. The van der Waals surface area contributed by atoms with E-state index in [4.69, 9.17) is 9.26 Å². The molecule has 0 radical (unpaired) electrons. The van der Waals surface area contributed by atoms with Crippen molar-refractivity contribution in [2.24, 2.45) is 0 Å². The van der Waals surface area contributed by atoms with Crippen molar-refractivity contribution in [2.75, 3.05) is 13.2 Å². The third-order valence-electron chi connectivity index (χ3n) is 3.58. The molecule has 128 valence electrons. The van der Waals surface area contributed by atoms with Gasteiger partial charge in [0.25, 0.3) is 0 Å². The van der Waals surface area contributed by atoms with Crippen LogP contribution in [0.1, 0.15) is 29.1 Å². The highest BCUT2D eigenvalue weighted by Gasteiger charge is 2.31. The second-order valence-corrected chi connectivity index (χ2v) is 5.35. The van der Waals surface area contributed by atoms with Crippen LogP contribution in [0.5, 0.6) is 0 Å². The number of halogens is 3. The highest BCUT2D eigenvalue weighted by atomic mass is 19.4. The Morgan fingerprint density at radius 2 is 2.21 bits per heavy atom. The summed E-state index contributed by atoms with van der Waals surface area (Å²) in [6.45, 7) is 0.987. The van der Waals surface area contributed by atoms with E-state index < -0.39 is 17.6 Å². The summed E-state index contributed by atoms with van der Waals surface area (Å²) in [4.78, 5) is 15.8. The maximum Gasteiger partial charge on any atom is 0.416 e. The van der Waals surface area contributed by atoms with E-state index in [0.29, 0.717) is 13.2 Å². The first kappa shape index (κ1) is 16.4. The number of alkyl halides is 3. The van der Waals surface area contributed by atoms with Gasteiger partial charge in [-0.25, -0.2) is 0 Å². The van der Waals surface area contributed by atoms with E-state index in [9.17, 15) is 18.0 Å². The van der Waals surface area contributed by atoms with Gasteiger partial charge in [0, 0.05) is 18.7 Å². The zero-order valence-electron chi connectivity index (χ0n) is 12.5. The van der Waals surface area contributed by atoms with Crippen LogP contribution in [0.25, 0.3) is 11.4 Å². The van der Waals surface area contributed by atoms with Crippen molar-refractivity contribution in [1.29, 1.82) is 0 Å². The van der Waals surface area contributed by atoms with Gasteiger partial charge in [0.1, 0.15) is 0 Å². The average Bonchev–Trinajstić information content (AvgIpc) is 3.23. The van der Waals surface area contributed by atoms with Gasteiger partial charge in [-0.1, -0.05) is 17.3 Å². The summed E-state index contributed by atoms with van der Waals surface area (Å²) >= 11 is 0. The van der Waals surface area contributed by atoms with Crippen molar-refractivity contribution < 1.29 is 27.2 Å². The molecule has 1 aliphatic rings. The SMILES string of the molecule is O=C(NC[C@H]1CCCO1)c1nc(-c2cccc(C(F)(F)F)c2)no1. The standard InChI is InChI=1S/C15H14F3N3O3/c16-15(17,18)10-4-1-3-9(7-10)12-20-14(24-21-12)13(22)19-8-11-5-2-6-23-11/h1,3-4,7,11H,2,5-6,8H2,(H,19,22)/t11-/m1/s1. The predicted octanol–water partition coefficient (Wildman–Crippen LogP) is 2.66. The topological polar surface area (TPSA) is 77.2 Å². The minimum atomic E-state index is -4.47. The molecule has 1 amide bonds. The molecular weight excluding hydrogens is 327 g/mol. The predicted molar refractivity (Wildman–Crippen MR) is 76.0 cm³/mol. The van der Waals surface area contributed by atoms with Crippen LogP contribution in [0.2, 0.25) is 0 Å². The number of rotatable bonds is 4. The fourth-order valence-electron chi connectivity index (χ4n) is 2.36. The summed E-state index contributed by atoms with van der Waals surface area (Å²) in [5, 5.41) is 6.17. The molecule has 2 heterocycles. The zero-order valence-corrected chi connectivity index (χ0v) is 12.5. The van der Waals surface area contributed by atoms with Crippen molar-refractivity contribution in [3.05, 3.63) is 35.7 Å². The summed E-state index contributed by atoms with van der Waals surface area (Å²) in [5.74, 6) is -0.972. The van der Waals surface area contributed by atoms with Crippen LogP contribution in [0, 0.1) is 0 Å². The number of nitrogens with zero attached hydrogens (tertiary/aromatic N) is 2. The van der Waals surface area contributed by atoms with Gasteiger partial charge in [0.05, 0.1) is 11.7 Å². The Hall–Kier alpha value is -2.42. The van der Waals surface area contributed by atoms with Gasteiger partial charge in [-0.05, 0) is 25.0 Å². The number of amides is 1. The molecule has 0 aliphatic carbocycles. The third-order valence-corrected chi connectivity index (χ3v) is 3.58. The molecule has 0 bridgehead atoms. The first-order valence-electron chi connectivity index (χ1n) is 7.34. The molecule has 24 heavy (non-hydrogen) atoms. The van der Waals surface area contributed by atoms with Crippen molar-refractivity contribution in [2.45, 2.75) is 25.1 Å². The number of carbonyl (C=O) groups is 1. The van der Waals surface area contributed by atoms with Gasteiger partial charge >= 0.3 is 18.0 Å². The Labute approximate surface area is 135 Å². The highest BCUT2D eigenvalue weighted by molar-refractivity contribution is 5.89. The summed E-state index contributed by atoms with van der Waals surface area (Å²) in [5.41, 5.74) is -0.707. The Balaban J connectivity index is 1.69. The lowest BCUT2D eigenvalue weighted by atomic mass is 10.1. The lowest BCUT2D eigenvalue weighted by Crippen LogP contribution is -2.31. The fraction of sp³-hybridized carbons (Fsp3) is 0.400. The second kappa shape index (κ2) is 6.60. The Bertz CT molecular complexity index is 724. The van der Waals surface area contributed by atoms with E-state index in [2.05, 4.69) is 15.5 Å². The minimum Gasteiger partial charge on any atom is -0.376 e. The minimum absolute atomic E-state index is 0.0418. The van der Waals surface area contributed by atoms with Gasteiger partial charge in [0.2, 0.25) is 5.82 Å². The van der Waals surface area contributed by atoms with Gasteiger partial charge in [-0.3, -0.25) is 4.79 Å². The lowest BCUT2D eigenvalue weighted by molar-refractivity contribution is -0.137. The average molecular weight is 341 g/mol. The molecule has 1 atom stereocenters.